The molecule has 0 aromatic heterocycles. The van der Waals surface area contributed by atoms with Gasteiger partial charge in [0.25, 0.3) is 0 Å². The molecule has 0 rings (SSSR count). The van der Waals surface area contributed by atoms with E-state index in [1.807, 2.05) is 4.79 Å². The number of hydrogen-bond acceptors (Lipinski definition) is 4. The van der Waals surface area contributed by atoms with E-state index in [2.05, 4.69) is 21.4 Å². The first-order chi connectivity index (χ1) is 4.69. The molecule has 0 saturated heterocycles. The maximum absolute atomic E-state index is 10.2. The van der Waals surface area contributed by atoms with E-state index in [1.165, 1.54) is 0 Å². The molecular formula is CCl2N2O4S2. The standard InChI is InChI=1S/CCl2N2O4S2/c2-10(6,7)1(5-4)11(3,8)9. The Bertz CT molecular complexity index is 365. The summed E-state index contributed by atoms with van der Waals surface area (Å²) in [6.45, 7) is 0. The maximum Gasteiger partial charge on any atom is 0.524 e. The van der Waals surface area contributed by atoms with Gasteiger partial charge in [-0.2, -0.15) is 16.8 Å². The molecule has 0 N–H and O–H groups in total. The van der Waals surface area contributed by atoms with Crippen molar-refractivity contribution in [3.63, 3.8) is 0 Å². The summed E-state index contributed by atoms with van der Waals surface area (Å²) >= 11 is 0. The van der Waals surface area contributed by atoms with Crippen molar-refractivity contribution < 1.29 is 21.6 Å². The van der Waals surface area contributed by atoms with Crippen molar-refractivity contribution >= 4 is 43.8 Å². The van der Waals surface area contributed by atoms with Gasteiger partial charge >= 0.3 is 22.5 Å². The van der Waals surface area contributed by atoms with E-state index < -0.39 is 22.5 Å². The molecule has 0 spiro atoms. The van der Waals surface area contributed by atoms with Crippen molar-refractivity contribution in [2.45, 2.75) is 0 Å². The lowest BCUT2D eigenvalue weighted by Crippen LogP contribution is -2.16. The second-order valence-corrected chi connectivity index (χ2v) is 6.46. The summed E-state index contributed by atoms with van der Waals surface area (Å²) in [6, 6.07) is 0. The van der Waals surface area contributed by atoms with E-state index in [1.54, 1.807) is 0 Å². The molecule has 0 aromatic rings. The minimum absolute atomic E-state index is 1.69. The number of hydrogen-bond donors (Lipinski definition) is 0. The van der Waals surface area contributed by atoms with Gasteiger partial charge in [-0.1, -0.05) is 0 Å². The van der Waals surface area contributed by atoms with Crippen molar-refractivity contribution in [1.82, 2.24) is 0 Å². The first-order valence-corrected chi connectivity index (χ1v) is 6.43. The van der Waals surface area contributed by atoms with E-state index in [4.69, 9.17) is 5.53 Å². The van der Waals surface area contributed by atoms with Crippen LogP contribution < -0.4 is 0 Å². The Morgan fingerprint density at radius 2 is 1.36 bits per heavy atom. The molecule has 0 fully saturated rings. The van der Waals surface area contributed by atoms with Gasteiger partial charge in [0.15, 0.2) is 0 Å². The molecule has 0 aliphatic rings. The third-order valence-corrected chi connectivity index (χ3v) is 4.24. The average molecular weight is 239 g/mol. The van der Waals surface area contributed by atoms with Crippen molar-refractivity contribution in [3.05, 3.63) is 5.53 Å². The Hall–Kier alpha value is -0.140. The Kier molecular flexibility index (Phi) is 3.04. The molecule has 0 heterocycles. The predicted octanol–water partition coefficient (Wildman–Crippen LogP) is -0.291. The highest BCUT2D eigenvalue weighted by Gasteiger charge is 2.39. The first-order valence-electron chi connectivity index (χ1n) is 1.81. The first kappa shape index (κ1) is 10.9. The molecule has 0 bridgehead atoms. The summed E-state index contributed by atoms with van der Waals surface area (Å²) in [4.78, 5) is 1.91. The smallest absolute Gasteiger partial charge is 0.359 e. The molecule has 6 nitrogen and oxygen atoms in total. The normalized spacial score (nSPS) is 12.2. The lowest BCUT2D eigenvalue weighted by molar-refractivity contribution is 0.00417. The third-order valence-electron chi connectivity index (χ3n) is 0.499. The molecule has 11 heavy (non-hydrogen) atoms. The van der Waals surface area contributed by atoms with E-state index in [-0.39, 0.29) is 0 Å². The van der Waals surface area contributed by atoms with E-state index >= 15 is 0 Å². The molecule has 0 radical (unpaired) electrons. The molecule has 0 aliphatic heterocycles. The molecule has 0 saturated carbocycles. The highest BCUT2D eigenvalue weighted by atomic mass is 35.7. The van der Waals surface area contributed by atoms with Crippen LogP contribution in [-0.4, -0.2) is 26.0 Å². The van der Waals surface area contributed by atoms with Crippen LogP contribution in [0.3, 0.4) is 0 Å². The minimum Gasteiger partial charge on any atom is -0.359 e. The molecule has 0 aliphatic carbocycles. The van der Waals surface area contributed by atoms with Gasteiger partial charge in [0.2, 0.25) is 0 Å². The summed E-state index contributed by atoms with van der Waals surface area (Å²) in [5.41, 5.74) is 7.86. The zero-order valence-corrected chi connectivity index (χ0v) is 7.74. The molecule has 10 heteroatoms. The molecule has 0 atom stereocenters. The summed E-state index contributed by atoms with van der Waals surface area (Å²) in [7, 11) is -0.237. The third kappa shape index (κ3) is 3.17. The highest BCUT2D eigenvalue weighted by Crippen LogP contribution is 2.08. The molecular weight excluding hydrogens is 239 g/mol. The molecule has 0 unspecified atom stereocenters. The zero-order valence-electron chi connectivity index (χ0n) is 4.60. The largest absolute Gasteiger partial charge is 0.524 e. The summed E-state index contributed by atoms with van der Waals surface area (Å²) < 4.78 is 39.2. The number of nitrogens with zero attached hydrogens (tertiary/aromatic N) is 2. The number of rotatable bonds is 0. The van der Waals surface area contributed by atoms with E-state index in [0.29, 0.717) is 0 Å². The minimum atomic E-state index is -4.62. The van der Waals surface area contributed by atoms with Gasteiger partial charge in [-0.05, 0) is 0 Å². The monoisotopic (exact) mass is 238 g/mol. The van der Waals surface area contributed by atoms with Gasteiger partial charge in [-0.3, -0.25) is 0 Å². The van der Waals surface area contributed by atoms with Gasteiger partial charge in [-0.25, -0.2) is 0 Å². The quantitative estimate of drug-likeness (QED) is 0.190. The lowest BCUT2D eigenvalue weighted by atomic mass is 11.7. The maximum atomic E-state index is 10.2. The van der Waals surface area contributed by atoms with Crippen LogP contribution in [0.4, 0.5) is 0 Å². The summed E-state index contributed by atoms with van der Waals surface area (Å²) in [5.74, 6) is 0. The van der Waals surface area contributed by atoms with Crippen molar-refractivity contribution in [3.8, 4) is 0 Å². The summed E-state index contributed by atoms with van der Waals surface area (Å²) in [6.07, 6.45) is 0. The molecule has 64 valence electrons. The fourth-order valence-electron chi connectivity index (χ4n) is 0.216. The van der Waals surface area contributed by atoms with Crippen LogP contribution in [-0.2, 0) is 18.1 Å². The van der Waals surface area contributed by atoms with Crippen molar-refractivity contribution in [2.24, 2.45) is 0 Å². The van der Waals surface area contributed by atoms with Crippen LogP contribution in [0, 0.1) is 0 Å². The van der Waals surface area contributed by atoms with Gasteiger partial charge in [0.1, 0.15) is 0 Å². The van der Waals surface area contributed by atoms with E-state index in [0.717, 1.165) is 0 Å². The molecule has 0 amide bonds. The van der Waals surface area contributed by atoms with Gasteiger partial charge in [-0.15, -0.1) is 4.79 Å². The van der Waals surface area contributed by atoms with Gasteiger partial charge < -0.3 is 5.53 Å². The second-order valence-electron chi connectivity index (χ2n) is 1.24. The van der Waals surface area contributed by atoms with Crippen LogP contribution >= 0.6 is 21.4 Å². The molecule has 0 aromatic carbocycles. The topological polar surface area (TPSA) is 105 Å². The van der Waals surface area contributed by atoms with Crippen LogP contribution in [0.15, 0.2) is 0 Å². The lowest BCUT2D eigenvalue weighted by Gasteiger charge is -1.82. The van der Waals surface area contributed by atoms with Crippen molar-refractivity contribution in [2.75, 3.05) is 0 Å². The van der Waals surface area contributed by atoms with Crippen LogP contribution in [0.5, 0.6) is 0 Å². The predicted molar refractivity (Wildman–Crippen MR) is 38.2 cm³/mol. The summed E-state index contributed by atoms with van der Waals surface area (Å²) in [5, 5.41) is 0. The zero-order chi connectivity index (χ0) is 9.28. The Morgan fingerprint density at radius 3 is 1.36 bits per heavy atom. The highest BCUT2D eigenvalue weighted by molar-refractivity contribution is 8.47. The SMILES string of the molecule is [N-]=[N+]=C(S(=O)(=O)Cl)S(=O)(=O)Cl. The fourth-order valence-corrected chi connectivity index (χ4v) is 3.33. The Morgan fingerprint density at radius 1 is 1.09 bits per heavy atom. The van der Waals surface area contributed by atoms with Crippen LogP contribution in [0.1, 0.15) is 0 Å². The second kappa shape index (κ2) is 3.08. The van der Waals surface area contributed by atoms with Crippen molar-refractivity contribution in [1.29, 1.82) is 0 Å². The Labute approximate surface area is 71.2 Å². The number of halogens is 2. The van der Waals surface area contributed by atoms with Gasteiger partial charge in [0, 0.05) is 21.4 Å². The van der Waals surface area contributed by atoms with Crippen LogP contribution in [0.2, 0.25) is 0 Å². The van der Waals surface area contributed by atoms with Gasteiger partial charge in [0.05, 0.1) is 0 Å². The Balaban J connectivity index is 5.65. The van der Waals surface area contributed by atoms with Crippen LogP contribution in [0.25, 0.3) is 5.53 Å². The van der Waals surface area contributed by atoms with E-state index in [9.17, 15) is 16.8 Å². The fraction of sp³-hybridized carbons (Fsp3) is 0. The average Bonchev–Trinajstić information content (AvgIpc) is 1.56.